The van der Waals surface area contributed by atoms with Crippen molar-refractivity contribution in [1.29, 1.82) is 0 Å². The van der Waals surface area contributed by atoms with Gasteiger partial charge in [0.1, 0.15) is 0 Å². The summed E-state index contributed by atoms with van der Waals surface area (Å²) in [6, 6.07) is 0.682. The van der Waals surface area contributed by atoms with Crippen LogP contribution in [0.5, 0.6) is 0 Å². The van der Waals surface area contributed by atoms with Gasteiger partial charge in [-0.1, -0.05) is 6.92 Å². The van der Waals surface area contributed by atoms with Gasteiger partial charge in [-0.2, -0.15) is 6.42 Å². The van der Waals surface area contributed by atoms with Gasteiger partial charge in [0, 0.05) is 6.04 Å². The fourth-order valence-electron chi connectivity index (χ4n) is 1.12. The summed E-state index contributed by atoms with van der Waals surface area (Å²) >= 11 is 0. The summed E-state index contributed by atoms with van der Waals surface area (Å²) in [4.78, 5) is 2.47. The maximum absolute atomic E-state index is 3.85. The molecule has 2 heteroatoms. The van der Waals surface area contributed by atoms with Crippen LogP contribution in [0.25, 0.3) is 0 Å². The van der Waals surface area contributed by atoms with Crippen LogP contribution in [0.1, 0.15) is 33.6 Å². The summed E-state index contributed by atoms with van der Waals surface area (Å²) in [5.74, 6) is 0. The summed E-state index contributed by atoms with van der Waals surface area (Å²) < 4.78 is 0. The van der Waals surface area contributed by atoms with E-state index in [9.17, 15) is 0 Å². The van der Waals surface area contributed by atoms with Gasteiger partial charge in [0.2, 0.25) is 0 Å². The van der Waals surface area contributed by atoms with Crippen molar-refractivity contribution in [1.82, 2.24) is 4.90 Å². The van der Waals surface area contributed by atoms with Crippen molar-refractivity contribution < 1.29 is 19.5 Å². The molecule has 0 amide bonds. The van der Waals surface area contributed by atoms with Gasteiger partial charge in [-0.15, -0.1) is 0 Å². The van der Waals surface area contributed by atoms with Crippen LogP contribution in [-0.2, 0) is 19.5 Å². The van der Waals surface area contributed by atoms with Gasteiger partial charge in [0.25, 0.3) is 0 Å². The number of rotatable bonds is 5. The van der Waals surface area contributed by atoms with E-state index in [-0.39, 0.29) is 26.9 Å². The van der Waals surface area contributed by atoms with Crippen LogP contribution in [0.2, 0.25) is 0 Å². The Morgan fingerprint density at radius 3 is 2.00 bits per heavy atom. The van der Waals surface area contributed by atoms with Gasteiger partial charge >= 0.3 is 19.5 Å². The van der Waals surface area contributed by atoms with E-state index in [1.54, 1.807) is 0 Å². The van der Waals surface area contributed by atoms with E-state index < -0.39 is 0 Å². The minimum Gasteiger partial charge on any atom is -0.358 e. The maximum atomic E-state index is 3.85. The minimum atomic E-state index is 0. The molecule has 0 aliphatic carbocycles. The first-order valence-corrected chi connectivity index (χ1v) is 4.25. The number of hydrogen-bond donors (Lipinski definition) is 0. The molecule has 0 aromatic carbocycles. The second-order valence-corrected chi connectivity index (χ2v) is 2.98. The van der Waals surface area contributed by atoms with Crippen LogP contribution in [0.3, 0.4) is 0 Å². The molecule has 0 bridgehead atoms. The molecule has 0 N–H and O–H groups in total. The molecular formula is C10H23NZn. The predicted molar refractivity (Wildman–Crippen MR) is 53.4 cm³/mol. The summed E-state index contributed by atoms with van der Waals surface area (Å²) in [7, 11) is 0. The predicted octanol–water partition coefficient (Wildman–Crippen LogP) is 2.78. The zero-order valence-corrected chi connectivity index (χ0v) is 12.2. The van der Waals surface area contributed by atoms with Gasteiger partial charge < -0.3 is 19.3 Å². The Balaban J connectivity index is -0.000000405. The van der Waals surface area contributed by atoms with E-state index in [0.29, 0.717) is 6.04 Å². The minimum absolute atomic E-state index is 0. The van der Waals surface area contributed by atoms with Crippen LogP contribution in [0.4, 0.5) is 0 Å². The fraction of sp³-hybridized carbons (Fsp3) is 0.800. The van der Waals surface area contributed by atoms with E-state index in [1.807, 2.05) is 0 Å². The molecule has 0 heterocycles. The van der Waals surface area contributed by atoms with Gasteiger partial charge in [-0.25, -0.2) is 0 Å². The standard InChI is InChI=1S/C9H20N.CH3.Zn/c1-5-7-10(8-6-2)9(3)4;;/h9H,1,5-8H2,2-4H3;1H3;/q2*-1;+2. The average molecular weight is 223 g/mol. The molecule has 12 heavy (non-hydrogen) atoms. The molecular weight excluding hydrogens is 200 g/mol. The topological polar surface area (TPSA) is 3.24 Å². The molecule has 0 radical (unpaired) electrons. The third-order valence-corrected chi connectivity index (χ3v) is 1.69. The molecule has 0 aliphatic rings. The van der Waals surface area contributed by atoms with E-state index in [2.05, 4.69) is 32.6 Å². The second kappa shape index (κ2) is 11.6. The number of nitrogens with zero attached hydrogens (tertiary/aromatic N) is 1. The Labute approximate surface area is 91.7 Å². The molecule has 0 saturated carbocycles. The van der Waals surface area contributed by atoms with E-state index in [4.69, 9.17) is 0 Å². The normalized spacial score (nSPS) is 9.50. The monoisotopic (exact) mass is 221 g/mol. The van der Waals surface area contributed by atoms with Crippen LogP contribution >= 0.6 is 0 Å². The Kier molecular flexibility index (Phi) is 17.7. The maximum Gasteiger partial charge on any atom is 2.00 e. The zero-order valence-electron chi connectivity index (χ0n) is 9.27. The largest absolute Gasteiger partial charge is 2.00 e. The van der Waals surface area contributed by atoms with Crippen LogP contribution < -0.4 is 0 Å². The Morgan fingerprint density at radius 1 is 1.25 bits per heavy atom. The first-order valence-electron chi connectivity index (χ1n) is 4.25. The van der Waals surface area contributed by atoms with Crippen LogP contribution in [0.15, 0.2) is 0 Å². The second-order valence-electron chi connectivity index (χ2n) is 2.98. The Hall–Kier alpha value is 0.583. The summed E-state index contributed by atoms with van der Waals surface area (Å²) in [6.45, 7) is 12.9. The molecule has 1 nitrogen and oxygen atoms in total. The van der Waals surface area contributed by atoms with Gasteiger partial charge in [0.15, 0.2) is 0 Å². The molecule has 0 aromatic rings. The smallest absolute Gasteiger partial charge is 0.358 e. The summed E-state index contributed by atoms with van der Waals surface area (Å²) in [6.07, 6.45) is 2.27. The van der Waals surface area contributed by atoms with Crippen LogP contribution in [-0.4, -0.2) is 24.0 Å². The first kappa shape index (κ1) is 18.4. The average Bonchev–Trinajstić information content (AvgIpc) is 1.87. The molecule has 0 atom stereocenters. The third-order valence-electron chi connectivity index (χ3n) is 1.69. The van der Waals surface area contributed by atoms with Crippen LogP contribution in [0, 0.1) is 14.4 Å². The first-order chi connectivity index (χ1) is 4.72. The summed E-state index contributed by atoms with van der Waals surface area (Å²) in [5, 5.41) is 0. The van der Waals surface area contributed by atoms with Gasteiger partial charge in [0.05, 0.1) is 0 Å². The molecule has 0 fully saturated rings. The molecule has 0 spiro atoms. The van der Waals surface area contributed by atoms with E-state index in [1.165, 1.54) is 13.0 Å². The molecule has 0 rings (SSSR count). The molecule has 0 saturated heterocycles. The van der Waals surface area contributed by atoms with Crippen molar-refractivity contribution in [2.45, 2.75) is 39.7 Å². The quantitative estimate of drug-likeness (QED) is 0.511. The van der Waals surface area contributed by atoms with E-state index >= 15 is 0 Å². The van der Waals surface area contributed by atoms with Crippen molar-refractivity contribution >= 4 is 0 Å². The van der Waals surface area contributed by atoms with Crippen molar-refractivity contribution in [2.75, 3.05) is 13.1 Å². The third kappa shape index (κ3) is 8.68. The molecule has 0 unspecified atom stereocenters. The van der Waals surface area contributed by atoms with Crippen molar-refractivity contribution in [3.8, 4) is 0 Å². The zero-order chi connectivity index (χ0) is 7.98. The SMILES string of the molecule is [CH2-]CCN(CCC)C(C)C.[CH3-].[Zn+2]. The fourth-order valence-corrected chi connectivity index (χ4v) is 1.12. The van der Waals surface area contributed by atoms with Crippen molar-refractivity contribution in [3.63, 3.8) is 0 Å². The van der Waals surface area contributed by atoms with Crippen molar-refractivity contribution in [3.05, 3.63) is 14.4 Å². The molecule has 70 valence electrons. The Morgan fingerprint density at radius 2 is 1.75 bits per heavy atom. The van der Waals surface area contributed by atoms with Gasteiger partial charge in [-0.05, 0) is 33.4 Å². The summed E-state index contributed by atoms with van der Waals surface area (Å²) in [5.41, 5.74) is 0. The molecule has 0 aromatic heterocycles. The molecule has 0 aliphatic heterocycles. The number of hydrogen-bond acceptors (Lipinski definition) is 1. The van der Waals surface area contributed by atoms with Gasteiger partial charge in [-0.3, -0.25) is 0 Å². The van der Waals surface area contributed by atoms with Crippen molar-refractivity contribution in [2.24, 2.45) is 0 Å². The van der Waals surface area contributed by atoms with E-state index in [0.717, 1.165) is 13.0 Å². The Bertz CT molecular complexity index is 68.2.